The van der Waals surface area contributed by atoms with E-state index >= 15 is 0 Å². The van der Waals surface area contributed by atoms with Gasteiger partial charge in [0.15, 0.2) is 17.2 Å². The van der Waals surface area contributed by atoms with Gasteiger partial charge in [-0.25, -0.2) is 0 Å². The molecule has 8 nitrogen and oxygen atoms in total. The highest BCUT2D eigenvalue weighted by molar-refractivity contribution is 5.95. The Morgan fingerprint density at radius 3 is 2.32 bits per heavy atom. The molecule has 0 aliphatic rings. The maximum Gasteiger partial charge on any atom is 0.251 e. The molecule has 2 aromatic rings. The number of rotatable bonds is 9. The van der Waals surface area contributed by atoms with Gasteiger partial charge in [-0.05, 0) is 37.1 Å². The van der Waals surface area contributed by atoms with Gasteiger partial charge < -0.3 is 30.7 Å². The Kier molecular flexibility index (Phi) is 7.50. The Bertz CT molecular complexity index is 814. The second kappa shape index (κ2) is 10.1. The molecule has 5 N–H and O–H groups in total. The van der Waals surface area contributed by atoms with Crippen LogP contribution in [-0.4, -0.2) is 46.8 Å². The normalized spacial score (nSPS) is 10.3. The van der Waals surface area contributed by atoms with Gasteiger partial charge >= 0.3 is 0 Å². The van der Waals surface area contributed by atoms with E-state index in [9.17, 15) is 24.9 Å². The van der Waals surface area contributed by atoms with Crippen LogP contribution in [0.25, 0.3) is 0 Å². The first-order valence-corrected chi connectivity index (χ1v) is 8.86. The van der Waals surface area contributed by atoms with Crippen molar-refractivity contribution >= 4 is 11.8 Å². The molecule has 0 bridgehead atoms. The molecular weight excluding hydrogens is 364 g/mol. The lowest BCUT2D eigenvalue weighted by atomic mass is 10.1. The van der Waals surface area contributed by atoms with Gasteiger partial charge in [0, 0.05) is 25.1 Å². The molecule has 150 valence electrons. The van der Waals surface area contributed by atoms with Crippen LogP contribution < -0.4 is 15.4 Å². The van der Waals surface area contributed by atoms with Crippen LogP contribution >= 0.6 is 0 Å². The maximum atomic E-state index is 11.9. The van der Waals surface area contributed by atoms with Crippen LogP contribution in [0.5, 0.6) is 23.0 Å². The van der Waals surface area contributed by atoms with Crippen molar-refractivity contribution in [3.8, 4) is 23.0 Å². The predicted molar refractivity (Wildman–Crippen MR) is 103 cm³/mol. The van der Waals surface area contributed by atoms with E-state index in [0.29, 0.717) is 19.4 Å². The number of phenolic OH excluding ortho intramolecular Hbond substituents is 3. The molecule has 2 rings (SSSR count). The van der Waals surface area contributed by atoms with Crippen molar-refractivity contribution in [3.63, 3.8) is 0 Å². The highest BCUT2D eigenvalue weighted by atomic mass is 16.5. The number of ether oxygens (including phenoxy) is 1. The topological polar surface area (TPSA) is 128 Å². The van der Waals surface area contributed by atoms with Gasteiger partial charge in [-0.2, -0.15) is 0 Å². The Morgan fingerprint density at radius 1 is 1.00 bits per heavy atom. The lowest BCUT2D eigenvalue weighted by molar-refractivity contribution is -0.121. The number of benzene rings is 2. The third-order valence-corrected chi connectivity index (χ3v) is 3.96. The minimum Gasteiger partial charge on any atom is -0.504 e. The van der Waals surface area contributed by atoms with Gasteiger partial charge in [0.1, 0.15) is 5.75 Å². The number of aromatic hydroxyl groups is 3. The van der Waals surface area contributed by atoms with E-state index < -0.39 is 23.2 Å². The summed E-state index contributed by atoms with van der Waals surface area (Å²) in [5, 5.41) is 33.3. The lowest BCUT2D eigenvalue weighted by Gasteiger charge is -2.10. The van der Waals surface area contributed by atoms with E-state index in [4.69, 9.17) is 4.74 Å². The molecule has 2 amide bonds. The quantitative estimate of drug-likeness (QED) is 0.329. The van der Waals surface area contributed by atoms with Gasteiger partial charge in [0.2, 0.25) is 5.91 Å². The number of para-hydroxylation sites is 1. The molecule has 0 aliphatic carbocycles. The highest BCUT2D eigenvalue weighted by Crippen LogP contribution is 2.35. The van der Waals surface area contributed by atoms with Crippen molar-refractivity contribution in [1.29, 1.82) is 0 Å². The molecule has 0 spiro atoms. The molecule has 0 aromatic heterocycles. The number of nitrogens with one attached hydrogen (secondary N) is 2. The maximum absolute atomic E-state index is 11.9. The Labute approximate surface area is 162 Å². The molecule has 28 heavy (non-hydrogen) atoms. The molecule has 8 heteroatoms. The van der Waals surface area contributed by atoms with E-state index in [2.05, 4.69) is 10.6 Å². The largest absolute Gasteiger partial charge is 0.504 e. The fourth-order valence-electron chi connectivity index (χ4n) is 2.44. The van der Waals surface area contributed by atoms with Crippen LogP contribution in [0.2, 0.25) is 0 Å². The summed E-state index contributed by atoms with van der Waals surface area (Å²) in [6.45, 7) is 2.80. The van der Waals surface area contributed by atoms with Gasteiger partial charge in [0.05, 0.1) is 6.61 Å². The number of carbonyl (C=O) groups is 2. The molecular formula is C20H24N2O6. The Morgan fingerprint density at radius 2 is 1.64 bits per heavy atom. The van der Waals surface area contributed by atoms with Crippen molar-refractivity contribution in [2.75, 3.05) is 19.7 Å². The number of hydrogen-bond donors (Lipinski definition) is 5. The SMILES string of the molecule is Cc1ccccc1OCCCC(=O)NCCNC(=O)c1cc(O)c(O)c(O)c1. The van der Waals surface area contributed by atoms with Crippen molar-refractivity contribution in [3.05, 3.63) is 47.5 Å². The second-order valence-corrected chi connectivity index (χ2v) is 6.19. The number of phenols is 3. The van der Waals surface area contributed by atoms with E-state index in [1.807, 2.05) is 31.2 Å². The number of hydrogen-bond acceptors (Lipinski definition) is 6. The first kappa shape index (κ1) is 20.9. The van der Waals surface area contributed by atoms with E-state index in [1.54, 1.807) is 0 Å². The summed E-state index contributed by atoms with van der Waals surface area (Å²) < 4.78 is 5.63. The lowest BCUT2D eigenvalue weighted by Crippen LogP contribution is -2.34. The van der Waals surface area contributed by atoms with Crippen LogP contribution in [0.3, 0.4) is 0 Å². The predicted octanol–water partition coefficient (Wildman–Crippen LogP) is 1.82. The van der Waals surface area contributed by atoms with Crippen molar-refractivity contribution in [1.82, 2.24) is 10.6 Å². The summed E-state index contributed by atoms with van der Waals surface area (Å²) in [6.07, 6.45) is 0.873. The zero-order chi connectivity index (χ0) is 20.5. The molecule has 0 saturated carbocycles. The molecule has 0 saturated heterocycles. The average molecular weight is 388 g/mol. The minimum atomic E-state index is -0.685. The molecule has 0 fully saturated rings. The van der Waals surface area contributed by atoms with Crippen LogP contribution in [0.15, 0.2) is 36.4 Å². The van der Waals surface area contributed by atoms with Gasteiger partial charge in [-0.3, -0.25) is 9.59 Å². The van der Waals surface area contributed by atoms with Crippen molar-refractivity contribution in [2.24, 2.45) is 0 Å². The summed E-state index contributed by atoms with van der Waals surface area (Å²) in [6, 6.07) is 9.74. The number of amides is 2. The Balaban J connectivity index is 1.62. The summed E-state index contributed by atoms with van der Waals surface area (Å²) >= 11 is 0. The minimum absolute atomic E-state index is 0.00696. The van der Waals surface area contributed by atoms with Crippen LogP contribution in [-0.2, 0) is 4.79 Å². The van der Waals surface area contributed by atoms with Crippen LogP contribution in [0.1, 0.15) is 28.8 Å². The molecule has 2 aromatic carbocycles. The zero-order valence-electron chi connectivity index (χ0n) is 15.6. The van der Waals surface area contributed by atoms with Crippen LogP contribution in [0.4, 0.5) is 0 Å². The molecule has 0 aliphatic heterocycles. The Hall–Kier alpha value is -3.42. The molecule has 0 radical (unpaired) electrons. The number of aryl methyl sites for hydroxylation is 1. The van der Waals surface area contributed by atoms with E-state index in [1.165, 1.54) is 0 Å². The summed E-state index contributed by atoms with van der Waals surface area (Å²) in [4.78, 5) is 23.7. The van der Waals surface area contributed by atoms with Gasteiger partial charge in [0.25, 0.3) is 5.91 Å². The van der Waals surface area contributed by atoms with Crippen LogP contribution in [0, 0.1) is 6.92 Å². The smallest absolute Gasteiger partial charge is 0.251 e. The number of carbonyl (C=O) groups excluding carboxylic acids is 2. The van der Waals surface area contributed by atoms with E-state index in [0.717, 1.165) is 23.4 Å². The first-order valence-electron chi connectivity index (χ1n) is 8.86. The fourth-order valence-corrected chi connectivity index (χ4v) is 2.44. The van der Waals surface area contributed by atoms with Crippen molar-refractivity contribution in [2.45, 2.75) is 19.8 Å². The third-order valence-electron chi connectivity index (χ3n) is 3.96. The zero-order valence-corrected chi connectivity index (χ0v) is 15.6. The first-order chi connectivity index (χ1) is 13.4. The monoisotopic (exact) mass is 388 g/mol. The molecule has 0 unspecified atom stereocenters. The molecule has 0 atom stereocenters. The van der Waals surface area contributed by atoms with Crippen molar-refractivity contribution < 1.29 is 29.6 Å². The van der Waals surface area contributed by atoms with E-state index in [-0.39, 0.29) is 24.6 Å². The summed E-state index contributed by atoms with van der Waals surface area (Å²) in [7, 11) is 0. The standard InChI is InChI=1S/C20H24N2O6/c1-13-5-2-3-6-17(13)28-10-4-7-18(25)21-8-9-22-20(27)14-11-15(23)19(26)16(24)12-14/h2-3,5-6,11-12,23-24,26H,4,7-10H2,1H3,(H,21,25)(H,22,27). The second-order valence-electron chi connectivity index (χ2n) is 6.19. The fraction of sp³-hybridized carbons (Fsp3) is 0.300. The summed E-state index contributed by atoms with van der Waals surface area (Å²) in [5.41, 5.74) is 1.03. The highest BCUT2D eigenvalue weighted by Gasteiger charge is 2.13. The van der Waals surface area contributed by atoms with Gasteiger partial charge in [-0.15, -0.1) is 0 Å². The summed E-state index contributed by atoms with van der Waals surface area (Å²) in [5.74, 6) is -1.76. The van der Waals surface area contributed by atoms with Gasteiger partial charge in [-0.1, -0.05) is 18.2 Å². The average Bonchev–Trinajstić information content (AvgIpc) is 2.67. The molecule has 0 heterocycles. The third kappa shape index (κ3) is 6.08.